The fraction of sp³-hybridized carbons (Fsp3) is 0.167. The van der Waals surface area contributed by atoms with Gasteiger partial charge < -0.3 is 4.74 Å². The molecule has 2 aromatic carbocycles. The summed E-state index contributed by atoms with van der Waals surface area (Å²) < 4.78 is 27.7. The predicted octanol–water partition coefficient (Wildman–Crippen LogP) is 1.25. The van der Waals surface area contributed by atoms with E-state index in [4.69, 9.17) is 4.74 Å². The zero-order valence-electron chi connectivity index (χ0n) is 15.9. The Morgan fingerprint density at radius 1 is 0.967 bits per heavy atom. The van der Waals surface area contributed by atoms with E-state index in [2.05, 4.69) is 10.9 Å². The highest BCUT2D eigenvalue weighted by Crippen LogP contribution is 2.18. The predicted molar refractivity (Wildman–Crippen MR) is 104 cm³/mol. The highest BCUT2D eigenvalue weighted by Gasteiger charge is 2.19. The molecule has 2 rings (SSSR count). The monoisotopic (exact) mass is 435 g/mol. The normalized spacial score (nSPS) is 10.7. The van der Waals surface area contributed by atoms with Crippen LogP contribution in [0.4, 0.5) is 5.69 Å². The van der Waals surface area contributed by atoms with Gasteiger partial charge in [-0.2, -0.15) is 0 Å². The van der Waals surface area contributed by atoms with E-state index < -0.39 is 38.2 Å². The van der Waals surface area contributed by atoms with Crippen molar-refractivity contribution in [3.63, 3.8) is 0 Å². The van der Waals surface area contributed by atoms with E-state index in [9.17, 15) is 32.9 Å². The van der Waals surface area contributed by atoms with Gasteiger partial charge in [0.1, 0.15) is 0 Å². The Bertz CT molecular complexity index is 1110. The van der Waals surface area contributed by atoms with Crippen molar-refractivity contribution in [2.75, 3.05) is 12.9 Å². The molecule has 0 spiro atoms. The highest BCUT2D eigenvalue weighted by molar-refractivity contribution is 7.90. The van der Waals surface area contributed by atoms with Gasteiger partial charge >= 0.3 is 5.97 Å². The fourth-order valence-corrected chi connectivity index (χ4v) is 2.92. The lowest BCUT2D eigenvalue weighted by atomic mass is 10.1. The minimum atomic E-state index is -3.43. The number of nitrogens with zero attached hydrogens (tertiary/aromatic N) is 1. The molecule has 11 nitrogen and oxygen atoms in total. The van der Waals surface area contributed by atoms with Gasteiger partial charge in [-0.3, -0.25) is 30.6 Å². The van der Waals surface area contributed by atoms with Crippen LogP contribution in [-0.4, -0.2) is 44.0 Å². The number of carbonyl (C=O) groups is 3. The van der Waals surface area contributed by atoms with Crippen molar-refractivity contribution in [3.8, 4) is 0 Å². The van der Waals surface area contributed by atoms with E-state index in [1.165, 1.54) is 24.3 Å². The Kier molecular flexibility index (Phi) is 6.85. The summed E-state index contributed by atoms with van der Waals surface area (Å²) in [7, 11) is -3.43. The second-order valence-corrected chi connectivity index (χ2v) is 7.97. The number of carbonyl (C=O) groups excluding carboxylic acids is 3. The number of nitrogens with one attached hydrogen (secondary N) is 2. The average Bonchev–Trinajstić information content (AvgIpc) is 2.71. The van der Waals surface area contributed by atoms with Crippen LogP contribution in [0.15, 0.2) is 47.4 Å². The Balaban J connectivity index is 2.16. The first kappa shape index (κ1) is 22.5. The van der Waals surface area contributed by atoms with Crippen LogP contribution in [0.5, 0.6) is 0 Å². The summed E-state index contributed by atoms with van der Waals surface area (Å²) in [6.45, 7) is 1.60. The highest BCUT2D eigenvalue weighted by atomic mass is 32.2. The van der Waals surface area contributed by atoms with Crippen LogP contribution in [0.1, 0.15) is 38.0 Å². The van der Waals surface area contributed by atoms with Crippen LogP contribution in [0, 0.1) is 10.1 Å². The van der Waals surface area contributed by atoms with Crippen LogP contribution in [-0.2, 0) is 14.6 Å². The molecule has 2 N–H and O–H groups in total. The molecule has 0 heterocycles. The maximum Gasteiger partial charge on any atom is 0.338 e. The number of nitro benzene ring substituents is 1. The first-order valence-corrected chi connectivity index (χ1v) is 10.3. The number of hydrogen-bond acceptors (Lipinski definition) is 8. The molecule has 158 valence electrons. The third kappa shape index (κ3) is 5.61. The summed E-state index contributed by atoms with van der Waals surface area (Å²) in [5.41, 5.74) is 3.29. The summed E-state index contributed by atoms with van der Waals surface area (Å²) in [6, 6.07) is 7.97. The van der Waals surface area contributed by atoms with Crippen molar-refractivity contribution in [2.45, 2.75) is 11.8 Å². The smallest absolute Gasteiger partial charge is 0.338 e. The van der Waals surface area contributed by atoms with Gasteiger partial charge in [-0.15, -0.1) is 0 Å². The number of ether oxygens (including phenoxy) is 1. The first-order chi connectivity index (χ1) is 14.0. The number of hydrogen-bond donors (Lipinski definition) is 2. The molecule has 0 aliphatic rings. The quantitative estimate of drug-likeness (QED) is 0.389. The molecular formula is C18H17N3O8S. The van der Waals surface area contributed by atoms with Crippen molar-refractivity contribution >= 4 is 33.3 Å². The Morgan fingerprint density at radius 2 is 1.50 bits per heavy atom. The molecule has 12 heteroatoms. The van der Waals surface area contributed by atoms with Crippen LogP contribution >= 0.6 is 0 Å². The third-order valence-electron chi connectivity index (χ3n) is 3.74. The standard InChI is InChI=1S/C18H17N3O8S/c1-3-29-18(24)13-8-12(9-14(10-13)21(25)26)17(23)20-19-16(22)11-4-6-15(7-5-11)30(2,27)28/h4-10H,3H2,1-2H3,(H,19,22)(H,20,23). The number of rotatable bonds is 6. The van der Waals surface area contributed by atoms with Crippen molar-refractivity contribution in [1.29, 1.82) is 0 Å². The molecule has 30 heavy (non-hydrogen) atoms. The van der Waals surface area contributed by atoms with Crippen molar-refractivity contribution in [2.24, 2.45) is 0 Å². The lowest BCUT2D eigenvalue weighted by Gasteiger charge is -2.09. The third-order valence-corrected chi connectivity index (χ3v) is 4.86. The van der Waals surface area contributed by atoms with Gasteiger partial charge in [0.2, 0.25) is 0 Å². The first-order valence-electron chi connectivity index (χ1n) is 8.40. The molecule has 0 aromatic heterocycles. The van der Waals surface area contributed by atoms with Crippen molar-refractivity contribution < 1.29 is 32.5 Å². The molecule has 0 fully saturated rings. The molecule has 0 unspecified atom stereocenters. The topological polar surface area (TPSA) is 162 Å². The summed E-state index contributed by atoms with van der Waals surface area (Å²) in [6.07, 6.45) is 1.02. The van der Waals surface area contributed by atoms with Crippen LogP contribution in [0.25, 0.3) is 0 Å². The van der Waals surface area contributed by atoms with E-state index in [1.807, 2.05) is 0 Å². The molecule has 0 saturated heterocycles. The second-order valence-electron chi connectivity index (χ2n) is 5.95. The molecule has 0 aliphatic carbocycles. The average molecular weight is 435 g/mol. The lowest BCUT2D eigenvalue weighted by Crippen LogP contribution is -2.41. The molecule has 0 radical (unpaired) electrons. The van der Waals surface area contributed by atoms with Gasteiger partial charge in [0.25, 0.3) is 17.5 Å². The van der Waals surface area contributed by atoms with Crippen LogP contribution in [0.2, 0.25) is 0 Å². The number of sulfone groups is 1. The zero-order valence-corrected chi connectivity index (χ0v) is 16.7. The summed E-state index contributed by atoms with van der Waals surface area (Å²) in [4.78, 5) is 46.6. The van der Waals surface area contributed by atoms with Crippen LogP contribution < -0.4 is 10.9 Å². The number of non-ortho nitro benzene ring substituents is 1. The maximum absolute atomic E-state index is 12.3. The number of amides is 2. The lowest BCUT2D eigenvalue weighted by molar-refractivity contribution is -0.384. The number of benzene rings is 2. The molecule has 0 saturated carbocycles. The molecule has 0 bridgehead atoms. The SMILES string of the molecule is CCOC(=O)c1cc(C(=O)NNC(=O)c2ccc(S(C)(=O)=O)cc2)cc([N+](=O)[O-])c1. The maximum atomic E-state index is 12.3. The van der Waals surface area contributed by atoms with Gasteiger partial charge in [0.05, 0.1) is 22.0 Å². The van der Waals surface area contributed by atoms with E-state index >= 15 is 0 Å². The largest absolute Gasteiger partial charge is 0.462 e. The summed E-state index contributed by atoms with van der Waals surface area (Å²) in [5.74, 6) is -2.50. The number of nitro groups is 1. The molecule has 2 aromatic rings. The minimum absolute atomic E-state index is 0.0196. The van der Waals surface area contributed by atoms with E-state index in [1.54, 1.807) is 6.92 Å². The van der Waals surface area contributed by atoms with Crippen molar-refractivity contribution in [1.82, 2.24) is 10.9 Å². The second kappa shape index (κ2) is 9.13. The van der Waals surface area contributed by atoms with Gasteiger partial charge in [-0.05, 0) is 37.3 Å². The van der Waals surface area contributed by atoms with Crippen LogP contribution in [0.3, 0.4) is 0 Å². The van der Waals surface area contributed by atoms with E-state index in [-0.39, 0.29) is 28.2 Å². The Hall–Kier alpha value is -3.80. The zero-order chi connectivity index (χ0) is 22.5. The number of esters is 1. The molecule has 2 amide bonds. The van der Waals surface area contributed by atoms with Gasteiger partial charge in [-0.1, -0.05) is 0 Å². The van der Waals surface area contributed by atoms with Crippen molar-refractivity contribution in [3.05, 3.63) is 69.3 Å². The summed E-state index contributed by atoms with van der Waals surface area (Å²) >= 11 is 0. The summed E-state index contributed by atoms with van der Waals surface area (Å²) in [5, 5.41) is 11.1. The molecular weight excluding hydrogens is 418 g/mol. The number of hydrazine groups is 1. The minimum Gasteiger partial charge on any atom is -0.462 e. The Labute approximate surface area is 171 Å². The molecule has 0 atom stereocenters. The van der Waals surface area contributed by atoms with E-state index in [0.29, 0.717) is 0 Å². The fourth-order valence-electron chi connectivity index (χ4n) is 2.29. The molecule has 0 aliphatic heterocycles. The Morgan fingerprint density at radius 3 is 2.00 bits per heavy atom. The van der Waals surface area contributed by atoms with E-state index in [0.717, 1.165) is 24.5 Å². The van der Waals surface area contributed by atoms with Gasteiger partial charge in [-0.25, -0.2) is 13.2 Å². The van der Waals surface area contributed by atoms with Gasteiger partial charge in [0.15, 0.2) is 9.84 Å². The van der Waals surface area contributed by atoms with Gasteiger partial charge in [0, 0.05) is 29.5 Å².